The summed E-state index contributed by atoms with van der Waals surface area (Å²) in [7, 11) is 1.84. The average molecular weight is 306 g/mol. The van der Waals surface area contributed by atoms with Crippen molar-refractivity contribution in [2.75, 3.05) is 11.9 Å². The highest BCUT2D eigenvalue weighted by atomic mass is 32.1. The third-order valence-electron chi connectivity index (χ3n) is 3.61. The molecule has 1 aliphatic rings. The van der Waals surface area contributed by atoms with Gasteiger partial charge in [-0.1, -0.05) is 0 Å². The number of nitrogens with zero attached hydrogens (tertiary/aromatic N) is 2. The highest BCUT2D eigenvalue weighted by Gasteiger charge is 2.20. The zero-order valence-electron chi connectivity index (χ0n) is 11.8. The number of aromatic nitrogens is 1. The third kappa shape index (κ3) is 2.79. The van der Waals surface area contributed by atoms with Gasteiger partial charge < -0.3 is 0 Å². The maximum Gasteiger partial charge on any atom is 0.233 e. The van der Waals surface area contributed by atoms with Crippen LogP contribution in [0.25, 0.3) is 0 Å². The van der Waals surface area contributed by atoms with Gasteiger partial charge in [-0.25, -0.2) is 4.98 Å². The van der Waals surface area contributed by atoms with E-state index in [1.54, 1.807) is 27.6 Å². The summed E-state index contributed by atoms with van der Waals surface area (Å²) in [5, 5.41) is 2.94. The van der Waals surface area contributed by atoms with E-state index in [2.05, 4.69) is 23.4 Å². The maximum atomic E-state index is 12.3. The lowest BCUT2D eigenvalue weighted by Gasteiger charge is -2.12. The van der Waals surface area contributed by atoms with Crippen LogP contribution in [0.1, 0.15) is 33.9 Å². The van der Waals surface area contributed by atoms with Crippen molar-refractivity contribution in [2.24, 2.45) is 0 Å². The highest BCUT2D eigenvalue weighted by Crippen LogP contribution is 2.31. The molecule has 0 spiro atoms. The molecular formula is C15H18N2OS2. The van der Waals surface area contributed by atoms with Crippen LogP contribution in [-0.4, -0.2) is 17.9 Å². The number of thiophene rings is 1. The lowest BCUT2D eigenvalue weighted by atomic mass is 10.0. The molecule has 3 rings (SSSR count). The van der Waals surface area contributed by atoms with Crippen molar-refractivity contribution in [3.63, 3.8) is 0 Å². The normalized spacial score (nSPS) is 14.1. The van der Waals surface area contributed by atoms with Crippen LogP contribution in [0.15, 0.2) is 11.4 Å². The van der Waals surface area contributed by atoms with Crippen LogP contribution in [-0.2, 0) is 24.1 Å². The number of fused-ring (bicyclic) bond motifs is 1. The molecule has 0 unspecified atom stereocenters. The number of thiazole rings is 1. The molecule has 0 saturated heterocycles. The monoisotopic (exact) mass is 306 g/mol. The second kappa shape index (κ2) is 5.66. The Labute approximate surface area is 127 Å². The second-order valence-corrected chi connectivity index (χ2v) is 7.35. The minimum Gasteiger partial charge on any atom is -0.291 e. The molecule has 0 N–H and O–H groups in total. The average Bonchev–Trinajstić information content (AvgIpc) is 3.03. The Morgan fingerprint density at radius 3 is 2.90 bits per heavy atom. The zero-order valence-corrected chi connectivity index (χ0v) is 13.4. The molecule has 0 aromatic carbocycles. The fraction of sp³-hybridized carbons (Fsp3) is 0.467. The van der Waals surface area contributed by atoms with Gasteiger partial charge in [-0.15, -0.1) is 22.7 Å². The van der Waals surface area contributed by atoms with E-state index >= 15 is 0 Å². The SMILES string of the molecule is Cc1csc(CC(=O)N(C)c2nc3c(s2)CCCC3)c1. The molecule has 2 aromatic rings. The molecule has 106 valence electrons. The molecule has 0 radical (unpaired) electrons. The maximum absolute atomic E-state index is 12.3. The first-order chi connectivity index (χ1) is 9.63. The molecule has 0 atom stereocenters. The van der Waals surface area contributed by atoms with Crippen LogP contribution in [0.4, 0.5) is 5.13 Å². The number of carbonyl (C=O) groups is 1. The lowest BCUT2D eigenvalue weighted by molar-refractivity contribution is -0.117. The molecule has 1 aliphatic carbocycles. The van der Waals surface area contributed by atoms with Gasteiger partial charge in [-0.05, 0) is 49.6 Å². The quantitative estimate of drug-likeness (QED) is 0.868. The van der Waals surface area contributed by atoms with E-state index in [-0.39, 0.29) is 5.91 Å². The van der Waals surface area contributed by atoms with Crippen molar-refractivity contribution in [3.8, 4) is 0 Å². The van der Waals surface area contributed by atoms with Gasteiger partial charge in [0.05, 0.1) is 12.1 Å². The van der Waals surface area contributed by atoms with E-state index in [9.17, 15) is 4.79 Å². The first-order valence-corrected chi connectivity index (χ1v) is 8.62. The second-order valence-electron chi connectivity index (χ2n) is 5.29. The van der Waals surface area contributed by atoms with Crippen LogP contribution >= 0.6 is 22.7 Å². The molecule has 0 saturated carbocycles. The van der Waals surface area contributed by atoms with Crippen molar-refractivity contribution in [3.05, 3.63) is 32.5 Å². The third-order valence-corrected chi connectivity index (χ3v) is 5.89. The molecule has 5 heteroatoms. The minimum absolute atomic E-state index is 0.123. The van der Waals surface area contributed by atoms with Gasteiger partial charge in [0, 0.05) is 16.8 Å². The van der Waals surface area contributed by atoms with Crippen LogP contribution in [0.2, 0.25) is 0 Å². The Kier molecular flexibility index (Phi) is 3.89. The minimum atomic E-state index is 0.123. The van der Waals surface area contributed by atoms with Gasteiger partial charge in [0.1, 0.15) is 0 Å². The highest BCUT2D eigenvalue weighted by molar-refractivity contribution is 7.16. The Hall–Kier alpha value is -1.20. The van der Waals surface area contributed by atoms with Crippen LogP contribution < -0.4 is 4.90 Å². The van der Waals surface area contributed by atoms with Crippen molar-refractivity contribution in [2.45, 2.75) is 39.0 Å². The Morgan fingerprint density at radius 2 is 2.20 bits per heavy atom. The number of hydrogen-bond acceptors (Lipinski definition) is 4. The number of aryl methyl sites for hydroxylation is 3. The van der Waals surface area contributed by atoms with E-state index in [1.807, 2.05) is 7.05 Å². The van der Waals surface area contributed by atoms with Crippen LogP contribution in [0.5, 0.6) is 0 Å². The van der Waals surface area contributed by atoms with Crippen molar-refractivity contribution in [1.82, 2.24) is 4.98 Å². The van der Waals surface area contributed by atoms with Crippen molar-refractivity contribution in [1.29, 1.82) is 0 Å². The van der Waals surface area contributed by atoms with E-state index in [1.165, 1.54) is 29.0 Å². The summed E-state index contributed by atoms with van der Waals surface area (Å²) >= 11 is 3.34. The van der Waals surface area contributed by atoms with Gasteiger partial charge in [0.15, 0.2) is 5.13 Å². The molecule has 0 aliphatic heterocycles. The van der Waals surface area contributed by atoms with Crippen molar-refractivity contribution >= 4 is 33.7 Å². The van der Waals surface area contributed by atoms with Gasteiger partial charge in [-0.3, -0.25) is 9.69 Å². The molecule has 2 aromatic heterocycles. The summed E-state index contributed by atoms with van der Waals surface area (Å²) in [5.41, 5.74) is 2.44. The molecule has 1 amide bonds. The molecular weight excluding hydrogens is 288 g/mol. The largest absolute Gasteiger partial charge is 0.291 e. The van der Waals surface area contributed by atoms with Gasteiger partial charge in [0.25, 0.3) is 0 Å². The predicted octanol–water partition coefficient (Wildman–Crippen LogP) is 3.60. The van der Waals surface area contributed by atoms with E-state index in [0.29, 0.717) is 6.42 Å². The number of likely N-dealkylation sites (N-methyl/N-ethyl adjacent to an activating group) is 1. The van der Waals surface area contributed by atoms with Gasteiger partial charge in [0.2, 0.25) is 5.91 Å². The standard InChI is InChI=1S/C15H18N2OS2/c1-10-7-11(19-9-10)8-14(18)17(2)15-16-12-5-3-4-6-13(12)20-15/h7,9H,3-6,8H2,1-2H3. The molecule has 0 bridgehead atoms. The predicted molar refractivity (Wildman–Crippen MR) is 84.9 cm³/mol. The summed E-state index contributed by atoms with van der Waals surface area (Å²) in [6.45, 7) is 2.06. The molecule has 0 fully saturated rings. The van der Waals surface area contributed by atoms with Crippen LogP contribution in [0.3, 0.4) is 0 Å². The number of anilines is 1. The van der Waals surface area contributed by atoms with E-state index < -0.39 is 0 Å². The first kappa shape index (κ1) is 13.8. The number of hydrogen-bond donors (Lipinski definition) is 0. The smallest absolute Gasteiger partial charge is 0.233 e. The summed E-state index contributed by atoms with van der Waals surface area (Å²) in [6, 6.07) is 2.09. The Balaban J connectivity index is 1.73. The number of amides is 1. The van der Waals surface area contributed by atoms with Gasteiger partial charge in [-0.2, -0.15) is 0 Å². The molecule has 2 heterocycles. The van der Waals surface area contributed by atoms with Crippen LogP contribution in [0, 0.1) is 6.92 Å². The fourth-order valence-electron chi connectivity index (χ4n) is 2.44. The van der Waals surface area contributed by atoms with E-state index in [0.717, 1.165) is 22.9 Å². The Morgan fingerprint density at radius 1 is 1.40 bits per heavy atom. The number of carbonyl (C=O) groups excluding carboxylic acids is 1. The van der Waals surface area contributed by atoms with Crippen molar-refractivity contribution < 1.29 is 4.79 Å². The fourth-order valence-corrected chi connectivity index (χ4v) is 4.43. The summed E-state index contributed by atoms with van der Waals surface area (Å²) in [4.78, 5) is 21.2. The summed E-state index contributed by atoms with van der Waals surface area (Å²) < 4.78 is 0. The molecule has 3 nitrogen and oxygen atoms in total. The topological polar surface area (TPSA) is 33.2 Å². The van der Waals surface area contributed by atoms with E-state index in [4.69, 9.17) is 0 Å². The summed E-state index contributed by atoms with van der Waals surface area (Å²) in [5.74, 6) is 0.123. The number of rotatable bonds is 3. The lowest BCUT2D eigenvalue weighted by Crippen LogP contribution is -2.27. The summed E-state index contributed by atoms with van der Waals surface area (Å²) in [6.07, 6.45) is 5.14. The van der Waals surface area contributed by atoms with Gasteiger partial charge >= 0.3 is 0 Å². The Bertz CT molecular complexity index is 606. The zero-order chi connectivity index (χ0) is 14.1. The molecule has 20 heavy (non-hydrogen) atoms. The first-order valence-electron chi connectivity index (χ1n) is 6.92.